The number of nitrogens with one attached hydrogen (secondary N) is 3. The molecule has 24 heavy (non-hydrogen) atoms. The molecule has 0 spiro atoms. The largest absolute Gasteiger partial charge is 0.352 e. The summed E-state index contributed by atoms with van der Waals surface area (Å²) < 4.78 is 13.5. The molecule has 0 aliphatic heterocycles. The minimum absolute atomic E-state index is 0.0862. The highest BCUT2D eigenvalue weighted by molar-refractivity contribution is 6.30. The summed E-state index contributed by atoms with van der Waals surface area (Å²) in [6.45, 7) is 2.41. The zero-order valence-corrected chi connectivity index (χ0v) is 13.8. The molecule has 5 nitrogen and oxygen atoms in total. The predicted molar refractivity (Wildman–Crippen MR) is 93.1 cm³/mol. The minimum atomic E-state index is -0.604. The van der Waals surface area contributed by atoms with Gasteiger partial charge in [-0.25, -0.2) is 9.18 Å². The zero-order valence-electron chi connectivity index (χ0n) is 13.0. The molecule has 2 aromatic rings. The molecule has 0 aliphatic carbocycles. The molecule has 0 aliphatic rings. The summed E-state index contributed by atoms with van der Waals surface area (Å²) in [4.78, 5) is 24.2. The first-order valence-corrected chi connectivity index (χ1v) is 7.78. The summed E-state index contributed by atoms with van der Waals surface area (Å²) in [5, 5.41) is 8.21. The molecule has 7 heteroatoms. The normalized spacial score (nSPS) is 10.1. The Bertz CT molecular complexity index is 752. The highest BCUT2D eigenvalue weighted by Gasteiger charge is 2.14. The van der Waals surface area contributed by atoms with E-state index in [-0.39, 0.29) is 17.2 Å². The van der Waals surface area contributed by atoms with Gasteiger partial charge in [0.05, 0.1) is 11.3 Å². The van der Waals surface area contributed by atoms with Crippen molar-refractivity contribution >= 4 is 34.9 Å². The van der Waals surface area contributed by atoms with Gasteiger partial charge >= 0.3 is 6.03 Å². The SMILES string of the molecule is CCCNC(=O)c1ccc(F)cc1NC(=O)Nc1cccc(Cl)c1. The Morgan fingerprint density at radius 3 is 2.62 bits per heavy atom. The van der Waals surface area contributed by atoms with Gasteiger partial charge in [-0.2, -0.15) is 0 Å². The molecule has 126 valence electrons. The van der Waals surface area contributed by atoms with Crippen LogP contribution in [0.3, 0.4) is 0 Å². The van der Waals surface area contributed by atoms with Gasteiger partial charge in [-0.3, -0.25) is 4.79 Å². The lowest BCUT2D eigenvalue weighted by Gasteiger charge is -2.12. The second-order valence-corrected chi connectivity index (χ2v) is 5.47. The van der Waals surface area contributed by atoms with Crippen molar-refractivity contribution in [2.75, 3.05) is 17.2 Å². The van der Waals surface area contributed by atoms with E-state index in [1.807, 2.05) is 6.92 Å². The van der Waals surface area contributed by atoms with Crippen LogP contribution in [0.5, 0.6) is 0 Å². The molecule has 2 aromatic carbocycles. The first kappa shape index (κ1) is 17.7. The number of benzene rings is 2. The van der Waals surface area contributed by atoms with Crippen LogP contribution in [-0.2, 0) is 0 Å². The van der Waals surface area contributed by atoms with Crippen molar-refractivity contribution in [2.45, 2.75) is 13.3 Å². The molecule has 2 rings (SSSR count). The van der Waals surface area contributed by atoms with E-state index in [0.29, 0.717) is 17.3 Å². The number of hydrogen-bond acceptors (Lipinski definition) is 2. The van der Waals surface area contributed by atoms with Crippen LogP contribution >= 0.6 is 11.6 Å². The molecule has 0 heterocycles. The molecule has 3 amide bonds. The Labute approximate surface area is 144 Å². The standard InChI is InChI=1S/C17H17ClFN3O2/c1-2-8-20-16(23)14-7-6-12(19)10-15(14)22-17(24)21-13-5-3-4-11(18)9-13/h3-7,9-10H,2,8H2,1H3,(H,20,23)(H2,21,22,24). The van der Waals surface area contributed by atoms with E-state index in [1.54, 1.807) is 24.3 Å². The first-order valence-electron chi connectivity index (χ1n) is 7.41. The highest BCUT2D eigenvalue weighted by atomic mass is 35.5. The van der Waals surface area contributed by atoms with Crippen LogP contribution < -0.4 is 16.0 Å². The Kier molecular flexibility index (Phi) is 6.14. The van der Waals surface area contributed by atoms with Gasteiger partial charge in [0.15, 0.2) is 0 Å². The Balaban J connectivity index is 2.14. The van der Waals surface area contributed by atoms with Gasteiger partial charge in [-0.15, -0.1) is 0 Å². The van der Waals surface area contributed by atoms with Crippen molar-refractivity contribution in [1.29, 1.82) is 0 Å². The van der Waals surface area contributed by atoms with Crippen LogP contribution in [0.2, 0.25) is 5.02 Å². The van der Waals surface area contributed by atoms with Crippen LogP contribution in [0.15, 0.2) is 42.5 Å². The Morgan fingerprint density at radius 1 is 1.12 bits per heavy atom. The number of hydrogen-bond donors (Lipinski definition) is 3. The number of amides is 3. The second-order valence-electron chi connectivity index (χ2n) is 5.04. The summed E-state index contributed by atoms with van der Waals surface area (Å²) in [7, 11) is 0. The first-order chi connectivity index (χ1) is 11.5. The van der Waals surface area contributed by atoms with Gasteiger partial charge in [0.25, 0.3) is 5.91 Å². The van der Waals surface area contributed by atoms with E-state index in [9.17, 15) is 14.0 Å². The van der Waals surface area contributed by atoms with E-state index < -0.39 is 11.8 Å². The van der Waals surface area contributed by atoms with Crippen LogP contribution in [0.1, 0.15) is 23.7 Å². The summed E-state index contributed by atoms with van der Waals surface area (Å²) in [5.74, 6) is -0.935. The lowest BCUT2D eigenvalue weighted by molar-refractivity contribution is 0.0954. The molecule has 0 unspecified atom stereocenters. The molecule has 0 saturated heterocycles. The van der Waals surface area contributed by atoms with Crippen molar-refractivity contribution in [2.24, 2.45) is 0 Å². The molecule has 0 aromatic heterocycles. The average Bonchev–Trinajstić information content (AvgIpc) is 2.52. The van der Waals surface area contributed by atoms with Gasteiger partial charge < -0.3 is 16.0 Å². The van der Waals surface area contributed by atoms with Crippen molar-refractivity contribution < 1.29 is 14.0 Å². The van der Waals surface area contributed by atoms with E-state index in [1.165, 1.54) is 12.1 Å². The van der Waals surface area contributed by atoms with Crippen LogP contribution in [0.4, 0.5) is 20.6 Å². The summed E-state index contributed by atoms with van der Waals surface area (Å²) in [6, 6.07) is 9.58. The topological polar surface area (TPSA) is 70.2 Å². The van der Waals surface area contributed by atoms with E-state index in [0.717, 1.165) is 12.5 Å². The van der Waals surface area contributed by atoms with Crippen molar-refractivity contribution in [3.05, 3.63) is 58.9 Å². The smallest absolute Gasteiger partial charge is 0.323 e. The number of anilines is 2. The van der Waals surface area contributed by atoms with E-state index >= 15 is 0 Å². The fourth-order valence-electron chi connectivity index (χ4n) is 2.00. The molecule has 0 bridgehead atoms. The van der Waals surface area contributed by atoms with Gasteiger partial charge in [0.1, 0.15) is 5.82 Å². The number of halogens is 2. The summed E-state index contributed by atoms with van der Waals surface area (Å²) >= 11 is 5.85. The fourth-order valence-corrected chi connectivity index (χ4v) is 2.19. The third-order valence-electron chi connectivity index (χ3n) is 3.09. The van der Waals surface area contributed by atoms with E-state index in [2.05, 4.69) is 16.0 Å². The van der Waals surface area contributed by atoms with Gasteiger partial charge in [-0.1, -0.05) is 24.6 Å². The highest BCUT2D eigenvalue weighted by Crippen LogP contribution is 2.19. The summed E-state index contributed by atoms with van der Waals surface area (Å²) in [5.41, 5.74) is 0.752. The maximum atomic E-state index is 13.5. The summed E-state index contributed by atoms with van der Waals surface area (Å²) in [6.07, 6.45) is 0.769. The van der Waals surface area contributed by atoms with E-state index in [4.69, 9.17) is 11.6 Å². The third-order valence-corrected chi connectivity index (χ3v) is 3.33. The number of urea groups is 1. The zero-order chi connectivity index (χ0) is 17.5. The van der Waals surface area contributed by atoms with Crippen molar-refractivity contribution in [3.8, 4) is 0 Å². The number of carbonyl (C=O) groups is 2. The molecular formula is C17H17ClFN3O2. The number of rotatable bonds is 5. The second kappa shape index (κ2) is 8.31. The van der Waals surface area contributed by atoms with Crippen molar-refractivity contribution in [3.63, 3.8) is 0 Å². The maximum Gasteiger partial charge on any atom is 0.323 e. The Hall–Kier alpha value is -2.60. The van der Waals surface area contributed by atoms with Crippen LogP contribution in [0.25, 0.3) is 0 Å². The maximum absolute atomic E-state index is 13.5. The van der Waals surface area contributed by atoms with Crippen molar-refractivity contribution in [1.82, 2.24) is 5.32 Å². The third kappa shape index (κ3) is 4.96. The lowest BCUT2D eigenvalue weighted by atomic mass is 10.1. The molecular weight excluding hydrogens is 333 g/mol. The fraction of sp³-hybridized carbons (Fsp3) is 0.176. The average molecular weight is 350 g/mol. The lowest BCUT2D eigenvalue weighted by Crippen LogP contribution is -2.27. The Morgan fingerprint density at radius 2 is 1.92 bits per heavy atom. The monoisotopic (exact) mass is 349 g/mol. The van der Waals surface area contributed by atoms with Gasteiger partial charge in [0.2, 0.25) is 0 Å². The van der Waals surface area contributed by atoms with Gasteiger partial charge in [0, 0.05) is 17.3 Å². The van der Waals surface area contributed by atoms with Crippen LogP contribution in [0, 0.1) is 5.82 Å². The molecule has 0 radical (unpaired) electrons. The van der Waals surface area contributed by atoms with Gasteiger partial charge in [-0.05, 0) is 42.8 Å². The minimum Gasteiger partial charge on any atom is -0.352 e. The number of carbonyl (C=O) groups excluding carboxylic acids is 2. The molecule has 0 saturated carbocycles. The quantitative estimate of drug-likeness (QED) is 0.754. The molecule has 3 N–H and O–H groups in total. The molecule has 0 fully saturated rings. The molecule has 0 atom stereocenters. The predicted octanol–water partition coefficient (Wildman–Crippen LogP) is 4.26. The van der Waals surface area contributed by atoms with Crippen LogP contribution in [-0.4, -0.2) is 18.5 Å².